The predicted molar refractivity (Wildman–Crippen MR) is 56.4 cm³/mol. The lowest BCUT2D eigenvalue weighted by atomic mass is 10.1. The van der Waals surface area contributed by atoms with Gasteiger partial charge in [0.05, 0.1) is 0 Å². The van der Waals surface area contributed by atoms with E-state index < -0.39 is 0 Å². The van der Waals surface area contributed by atoms with Crippen LogP contribution in [0.25, 0.3) is 0 Å². The Bertz CT molecular complexity index is 118. The van der Waals surface area contributed by atoms with Gasteiger partial charge in [0.1, 0.15) is 0 Å². The maximum Gasteiger partial charge on any atom is 0.00644 e. The largest absolute Gasteiger partial charge is 0.314 e. The van der Waals surface area contributed by atoms with Gasteiger partial charge in [-0.3, -0.25) is 0 Å². The zero-order valence-corrected chi connectivity index (χ0v) is 8.82. The van der Waals surface area contributed by atoms with Gasteiger partial charge in [0.2, 0.25) is 0 Å². The molecule has 1 heteroatoms. The van der Waals surface area contributed by atoms with Gasteiger partial charge in [-0.25, -0.2) is 0 Å². The lowest BCUT2D eigenvalue weighted by molar-refractivity contribution is 0.466. The van der Waals surface area contributed by atoms with Crippen LogP contribution in [-0.2, 0) is 0 Å². The SMILES string of the molecule is C=C(C)CCNC(CC)CCC. The standard InChI is InChI=1S/C11H23N/c1-5-7-11(6-2)12-9-8-10(3)4/h11-12H,3,5-9H2,1-2,4H3. The van der Waals surface area contributed by atoms with Crippen molar-refractivity contribution in [1.82, 2.24) is 5.32 Å². The van der Waals surface area contributed by atoms with Gasteiger partial charge >= 0.3 is 0 Å². The molecule has 0 bridgehead atoms. The molecule has 0 aromatic carbocycles. The van der Waals surface area contributed by atoms with Gasteiger partial charge in [-0.1, -0.05) is 25.8 Å². The van der Waals surface area contributed by atoms with Crippen LogP contribution in [-0.4, -0.2) is 12.6 Å². The molecule has 0 fully saturated rings. The van der Waals surface area contributed by atoms with Crippen LogP contribution in [0.3, 0.4) is 0 Å². The first kappa shape index (κ1) is 11.7. The maximum absolute atomic E-state index is 3.88. The summed E-state index contributed by atoms with van der Waals surface area (Å²) >= 11 is 0. The molecule has 0 aromatic rings. The fourth-order valence-electron chi connectivity index (χ4n) is 1.29. The molecule has 0 spiro atoms. The van der Waals surface area contributed by atoms with Crippen molar-refractivity contribution < 1.29 is 0 Å². The molecule has 72 valence electrons. The van der Waals surface area contributed by atoms with Crippen molar-refractivity contribution in [2.45, 2.75) is 52.5 Å². The van der Waals surface area contributed by atoms with E-state index in [1.54, 1.807) is 0 Å². The highest BCUT2D eigenvalue weighted by Gasteiger charge is 2.02. The van der Waals surface area contributed by atoms with Crippen molar-refractivity contribution >= 4 is 0 Å². The van der Waals surface area contributed by atoms with Crippen LogP contribution in [0.15, 0.2) is 12.2 Å². The summed E-state index contributed by atoms with van der Waals surface area (Å²) < 4.78 is 0. The molecule has 0 amide bonds. The van der Waals surface area contributed by atoms with Crippen molar-refractivity contribution in [3.63, 3.8) is 0 Å². The van der Waals surface area contributed by atoms with E-state index in [2.05, 4.69) is 32.7 Å². The molecule has 0 aliphatic heterocycles. The van der Waals surface area contributed by atoms with Gasteiger partial charge in [-0.15, -0.1) is 6.58 Å². The Balaban J connectivity index is 3.37. The number of nitrogens with one attached hydrogen (secondary N) is 1. The van der Waals surface area contributed by atoms with E-state index in [-0.39, 0.29) is 0 Å². The van der Waals surface area contributed by atoms with Crippen molar-refractivity contribution in [3.05, 3.63) is 12.2 Å². The highest BCUT2D eigenvalue weighted by atomic mass is 14.9. The van der Waals surface area contributed by atoms with Gasteiger partial charge in [0.15, 0.2) is 0 Å². The van der Waals surface area contributed by atoms with Crippen molar-refractivity contribution in [2.75, 3.05) is 6.54 Å². The Kier molecular flexibility index (Phi) is 7.17. The third-order valence-electron chi connectivity index (χ3n) is 2.11. The quantitative estimate of drug-likeness (QED) is 0.577. The summed E-state index contributed by atoms with van der Waals surface area (Å²) in [5, 5.41) is 3.54. The number of hydrogen-bond donors (Lipinski definition) is 1. The lowest BCUT2D eigenvalue weighted by Crippen LogP contribution is -2.29. The normalized spacial score (nSPS) is 12.9. The van der Waals surface area contributed by atoms with E-state index in [1.807, 2.05) is 0 Å². The molecule has 0 saturated heterocycles. The van der Waals surface area contributed by atoms with Crippen molar-refractivity contribution in [2.24, 2.45) is 0 Å². The molecule has 0 aliphatic rings. The Labute approximate surface area is 77.2 Å². The molecular weight excluding hydrogens is 146 g/mol. The third-order valence-corrected chi connectivity index (χ3v) is 2.11. The first-order valence-corrected chi connectivity index (χ1v) is 5.08. The highest BCUT2D eigenvalue weighted by Crippen LogP contribution is 2.01. The molecule has 0 rings (SSSR count). The average Bonchev–Trinajstić information content (AvgIpc) is 2.02. The summed E-state index contributed by atoms with van der Waals surface area (Å²) in [6.07, 6.45) is 4.93. The molecule has 0 aromatic heterocycles. The van der Waals surface area contributed by atoms with Crippen LogP contribution in [0.2, 0.25) is 0 Å². The van der Waals surface area contributed by atoms with Gasteiger partial charge < -0.3 is 5.32 Å². The summed E-state index contributed by atoms with van der Waals surface area (Å²) in [6, 6.07) is 0.717. The fourth-order valence-corrected chi connectivity index (χ4v) is 1.29. The Morgan fingerprint density at radius 1 is 1.42 bits per heavy atom. The zero-order chi connectivity index (χ0) is 9.40. The molecular formula is C11H23N. The second kappa shape index (κ2) is 7.35. The van der Waals surface area contributed by atoms with E-state index in [0.29, 0.717) is 6.04 Å². The van der Waals surface area contributed by atoms with E-state index in [4.69, 9.17) is 0 Å². The summed E-state index contributed by atoms with van der Waals surface area (Å²) in [4.78, 5) is 0. The van der Waals surface area contributed by atoms with Gasteiger partial charge in [-0.2, -0.15) is 0 Å². The molecule has 0 heterocycles. The van der Waals surface area contributed by atoms with Crippen LogP contribution in [0.1, 0.15) is 46.5 Å². The topological polar surface area (TPSA) is 12.0 Å². The zero-order valence-electron chi connectivity index (χ0n) is 8.82. The maximum atomic E-state index is 3.88. The summed E-state index contributed by atoms with van der Waals surface area (Å²) in [6.45, 7) is 11.5. The van der Waals surface area contributed by atoms with Gasteiger partial charge in [0, 0.05) is 6.04 Å². The second-order valence-corrected chi connectivity index (χ2v) is 3.56. The minimum absolute atomic E-state index is 0.717. The smallest absolute Gasteiger partial charge is 0.00644 e. The molecule has 1 unspecified atom stereocenters. The van der Waals surface area contributed by atoms with E-state index in [1.165, 1.54) is 24.8 Å². The first-order chi connectivity index (χ1) is 5.70. The number of rotatable bonds is 7. The monoisotopic (exact) mass is 169 g/mol. The van der Waals surface area contributed by atoms with Gasteiger partial charge in [-0.05, 0) is 32.7 Å². The van der Waals surface area contributed by atoms with E-state index >= 15 is 0 Å². The van der Waals surface area contributed by atoms with Crippen LogP contribution in [0.5, 0.6) is 0 Å². The molecule has 12 heavy (non-hydrogen) atoms. The van der Waals surface area contributed by atoms with E-state index in [9.17, 15) is 0 Å². The Morgan fingerprint density at radius 2 is 2.08 bits per heavy atom. The Hall–Kier alpha value is -0.300. The van der Waals surface area contributed by atoms with Crippen molar-refractivity contribution in [3.8, 4) is 0 Å². The first-order valence-electron chi connectivity index (χ1n) is 5.08. The molecule has 1 atom stereocenters. The molecule has 0 aliphatic carbocycles. The van der Waals surface area contributed by atoms with Gasteiger partial charge in [0.25, 0.3) is 0 Å². The van der Waals surface area contributed by atoms with E-state index in [0.717, 1.165) is 13.0 Å². The van der Waals surface area contributed by atoms with Crippen molar-refractivity contribution in [1.29, 1.82) is 0 Å². The van der Waals surface area contributed by atoms with Crippen LogP contribution >= 0.6 is 0 Å². The summed E-state index contributed by atoms with van der Waals surface area (Å²) in [7, 11) is 0. The molecule has 1 nitrogen and oxygen atoms in total. The van der Waals surface area contributed by atoms with Crippen LogP contribution in [0.4, 0.5) is 0 Å². The lowest BCUT2D eigenvalue weighted by Gasteiger charge is -2.15. The fraction of sp³-hybridized carbons (Fsp3) is 0.818. The number of hydrogen-bond acceptors (Lipinski definition) is 1. The van der Waals surface area contributed by atoms with Crippen LogP contribution in [0, 0.1) is 0 Å². The highest BCUT2D eigenvalue weighted by molar-refractivity contribution is 4.88. The molecule has 0 radical (unpaired) electrons. The molecule has 1 N–H and O–H groups in total. The second-order valence-electron chi connectivity index (χ2n) is 3.56. The van der Waals surface area contributed by atoms with Crippen LogP contribution < -0.4 is 5.32 Å². The Morgan fingerprint density at radius 3 is 2.50 bits per heavy atom. The minimum atomic E-state index is 0.717. The summed E-state index contributed by atoms with van der Waals surface area (Å²) in [5.41, 5.74) is 1.27. The molecule has 0 saturated carbocycles. The third kappa shape index (κ3) is 6.41. The summed E-state index contributed by atoms with van der Waals surface area (Å²) in [5.74, 6) is 0. The predicted octanol–water partition coefficient (Wildman–Crippen LogP) is 3.12. The average molecular weight is 169 g/mol. The minimum Gasteiger partial charge on any atom is -0.314 e.